The normalized spacial score (nSPS) is 12.0. The lowest BCUT2D eigenvalue weighted by Gasteiger charge is -2.22. The predicted molar refractivity (Wildman–Crippen MR) is 132 cm³/mol. The molecule has 3 rings (SSSR count). The molecule has 0 spiro atoms. The van der Waals surface area contributed by atoms with Gasteiger partial charge in [-0.15, -0.1) is 0 Å². The van der Waals surface area contributed by atoms with E-state index in [0.29, 0.717) is 21.6 Å². The van der Waals surface area contributed by atoms with Crippen LogP contribution >= 0.6 is 69.6 Å². The van der Waals surface area contributed by atoms with Crippen LogP contribution in [0.3, 0.4) is 0 Å². The largest absolute Gasteiger partial charge is 0.444 e. The van der Waals surface area contributed by atoms with E-state index in [1.807, 2.05) is 0 Å². The summed E-state index contributed by atoms with van der Waals surface area (Å²) in [5.74, 6) is -0.263. The summed E-state index contributed by atoms with van der Waals surface area (Å²) < 4.78 is 8.71. The number of halogens is 6. The summed E-state index contributed by atoms with van der Waals surface area (Å²) in [7, 11) is 1.61. The fraction of sp³-hybridized carbons (Fsp3) is 0.263. The number of hydrogen-bond acceptors (Lipinski definition) is 6. The second-order valence-corrected chi connectivity index (χ2v) is 11.7. The minimum Gasteiger partial charge on any atom is -0.444 e. The van der Waals surface area contributed by atoms with E-state index < -0.39 is 33.0 Å². The van der Waals surface area contributed by atoms with Gasteiger partial charge in [-0.25, -0.2) is 19.4 Å². The maximum absolute atomic E-state index is 12.9. The van der Waals surface area contributed by atoms with Gasteiger partial charge in [-0.2, -0.15) is 4.90 Å². The number of alkyl halides is 6. The van der Waals surface area contributed by atoms with Gasteiger partial charge in [-0.05, 0) is 18.2 Å². The van der Waals surface area contributed by atoms with E-state index >= 15 is 0 Å². The van der Waals surface area contributed by atoms with E-state index in [9.17, 15) is 14.4 Å². The number of aryl methyl sites for hydroxylation is 1. The molecule has 34 heavy (non-hydrogen) atoms. The molecular formula is C19H14Cl6N4O5. The fourth-order valence-electron chi connectivity index (χ4n) is 2.89. The molecule has 0 saturated heterocycles. The Hall–Kier alpha value is -1.88. The Bertz CT molecular complexity index is 1250. The summed E-state index contributed by atoms with van der Waals surface area (Å²) in [5.41, 5.74) is 1.16. The Labute approximate surface area is 222 Å². The number of para-hydroxylation sites is 2. The highest BCUT2D eigenvalue weighted by atomic mass is 35.6. The Morgan fingerprint density at radius 1 is 0.941 bits per heavy atom. The molecule has 2 heterocycles. The molecule has 0 saturated carbocycles. The number of fused-ring (bicyclic) bond motifs is 1. The van der Waals surface area contributed by atoms with Crippen LogP contribution in [0.25, 0.3) is 16.7 Å². The van der Waals surface area contributed by atoms with Crippen molar-refractivity contribution in [2.75, 3.05) is 18.1 Å². The quantitative estimate of drug-likeness (QED) is 0.370. The van der Waals surface area contributed by atoms with Gasteiger partial charge in [0.15, 0.2) is 5.82 Å². The minimum absolute atomic E-state index is 0.263. The third-order valence-corrected chi connectivity index (χ3v) is 4.92. The molecule has 0 radical (unpaired) electrons. The summed E-state index contributed by atoms with van der Waals surface area (Å²) in [6.45, 7) is -1.37. The predicted octanol–water partition coefficient (Wildman–Crippen LogP) is 5.54. The topological polar surface area (TPSA) is 95.7 Å². The average Bonchev–Trinajstić information content (AvgIpc) is 3.01. The van der Waals surface area contributed by atoms with Crippen LogP contribution in [0.2, 0.25) is 0 Å². The zero-order chi connectivity index (χ0) is 25.3. The third-order valence-electron chi connectivity index (χ3n) is 4.26. The molecule has 0 aliphatic heterocycles. The minimum atomic E-state index is -1.95. The summed E-state index contributed by atoms with van der Waals surface area (Å²) >= 11 is 33.7. The number of rotatable bonds is 4. The van der Waals surface area contributed by atoms with E-state index in [1.54, 1.807) is 31.3 Å². The first-order valence-electron chi connectivity index (χ1n) is 9.18. The van der Waals surface area contributed by atoms with Crippen molar-refractivity contribution in [3.63, 3.8) is 0 Å². The van der Waals surface area contributed by atoms with Crippen LogP contribution in [0.4, 0.5) is 15.4 Å². The van der Waals surface area contributed by atoms with Crippen molar-refractivity contribution in [3.8, 4) is 5.69 Å². The molecule has 15 heteroatoms. The molecule has 9 nitrogen and oxygen atoms in total. The zero-order valence-electron chi connectivity index (χ0n) is 17.1. The highest BCUT2D eigenvalue weighted by molar-refractivity contribution is 6.68. The average molecular weight is 591 g/mol. The van der Waals surface area contributed by atoms with Gasteiger partial charge in [0.25, 0.3) is 0 Å². The van der Waals surface area contributed by atoms with Gasteiger partial charge in [0, 0.05) is 19.3 Å². The first kappa shape index (κ1) is 26.7. The van der Waals surface area contributed by atoms with Gasteiger partial charge in [-0.1, -0.05) is 81.7 Å². The molecule has 0 aliphatic rings. The Morgan fingerprint density at radius 2 is 1.47 bits per heavy atom. The smallest absolute Gasteiger partial charge is 0.425 e. The van der Waals surface area contributed by atoms with Crippen LogP contribution in [-0.4, -0.2) is 47.1 Å². The summed E-state index contributed by atoms with van der Waals surface area (Å²) in [6.07, 6.45) is -1.29. The Morgan fingerprint density at radius 3 is 2.00 bits per heavy atom. The summed E-state index contributed by atoms with van der Waals surface area (Å²) in [5, 5.41) is 0. The van der Waals surface area contributed by atoms with Gasteiger partial charge in [0.05, 0.1) is 16.7 Å². The number of nitrogens with zero attached hydrogens (tertiary/aromatic N) is 4. The number of carbonyl (C=O) groups excluding carboxylic acids is 2. The van der Waals surface area contributed by atoms with Crippen molar-refractivity contribution in [2.24, 2.45) is 7.05 Å². The van der Waals surface area contributed by atoms with Crippen molar-refractivity contribution in [2.45, 2.75) is 7.59 Å². The third kappa shape index (κ3) is 6.41. The molecular weight excluding hydrogens is 577 g/mol. The van der Waals surface area contributed by atoms with Crippen LogP contribution in [0, 0.1) is 0 Å². The van der Waals surface area contributed by atoms with E-state index in [-0.39, 0.29) is 11.5 Å². The van der Waals surface area contributed by atoms with E-state index in [4.69, 9.17) is 79.1 Å². The maximum atomic E-state index is 12.9. The Kier molecular flexibility index (Phi) is 8.17. The SMILES string of the molecule is Cn1c(=O)n(-c2ccnc(N(C(=O)OCC(Cl)(Cl)Cl)C(=O)OCC(Cl)(Cl)Cl)c2)c2ccccc21. The number of hydrogen-bond donors (Lipinski definition) is 0. The van der Waals surface area contributed by atoms with Crippen LogP contribution < -0.4 is 10.6 Å². The van der Waals surface area contributed by atoms with Crippen molar-refractivity contribution < 1.29 is 19.1 Å². The van der Waals surface area contributed by atoms with Crippen molar-refractivity contribution in [3.05, 3.63) is 53.1 Å². The molecule has 2 aromatic heterocycles. The molecule has 0 bridgehead atoms. The number of carbonyl (C=O) groups is 2. The lowest BCUT2D eigenvalue weighted by molar-refractivity contribution is 0.136. The fourth-order valence-corrected chi connectivity index (χ4v) is 3.22. The van der Waals surface area contributed by atoms with Crippen molar-refractivity contribution in [1.82, 2.24) is 14.1 Å². The number of amides is 2. The number of aromatic nitrogens is 3. The lowest BCUT2D eigenvalue weighted by atomic mass is 10.3. The molecule has 182 valence electrons. The van der Waals surface area contributed by atoms with Crippen LogP contribution in [0.5, 0.6) is 0 Å². The number of ether oxygens (including phenoxy) is 2. The van der Waals surface area contributed by atoms with Gasteiger partial charge < -0.3 is 9.47 Å². The van der Waals surface area contributed by atoms with E-state index in [2.05, 4.69) is 4.98 Å². The molecule has 0 N–H and O–H groups in total. The molecule has 3 aromatic rings. The Balaban J connectivity index is 2.05. The highest BCUT2D eigenvalue weighted by Gasteiger charge is 2.33. The first-order chi connectivity index (χ1) is 15.8. The standard InChI is InChI=1S/C19H14Cl6N4O5/c1-27-12-4-2-3-5-13(12)28(15(27)30)11-6-7-26-14(8-11)29(16(31)33-9-18(20,21)22)17(32)34-10-19(23,24)25/h2-8H,9-10H2,1H3. The van der Waals surface area contributed by atoms with Crippen LogP contribution in [0.15, 0.2) is 47.4 Å². The second kappa shape index (κ2) is 10.4. The van der Waals surface area contributed by atoms with E-state index in [1.165, 1.54) is 27.5 Å². The summed E-state index contributed by atoms with van der Waals surface area (Å²) in [4.78, 5) is 42.7. The molecule has 1 aromatic carbocycles. The number of imide groups is 1. The molecule has 0 atom stereocenters. The maximum Gasteiger partial charge on any atom is 0.425 e. The van der Waals surface area contributed by atoms with Gasteiger partial charge >= 0.3 is 17.9 Å². The van der Waals surface area contributed by atoms with Crippen LogP contribution in [-0.2, 0) is 16.5 Å². The zero-order valence-corrected chi connectivity index (χ0v) is 21.6. The highest BCUT2D eigenvalue weighted by Crippen LogP contribution is 2.29. The lowest BCUT2D eigenvalue weighted by Crippen LogP contribution is -2.40. The van der Waals surface area contributed by atoms with Gasteiger partial charge in [-0.3, -0.25) is 9.13 Å². The van der Waals surface area contributed by atoms with E-state index in [0.717, 1.165) is 0 Å². The van der Waals surface area contributed by atoms with Crippen molar-refractivity contribution in [1.29, 1.82) is 0 Å². The summed E-state index contributed by atoms with van der Waals surface area (Å²) in [6, 6.07) is 9.85. The second-order valence-electron chi connectivity index (χ2n) is 6.71. The number of anilines is 1. The molecule has 0 aliphatic carbocycles. The number of benzene rings is 1. The number of pyridine rings is 1. The molecule has 2 amide bonds. The van der Waals surface area contributed by atoms with Crippen molar-refractivity contribution >= 4 is 98.6 Å². The molecule has 0 fully saturated rings. The number of imidazole rings is 1. The monoisotopic (exact) mass is 588 g/mol. The molecule has 0 unspecified atom stereocenters. The van der Waals surface area contributed by atoms with Gasteiger partial charge in [0.1, 0.15) is 13.2 Å². The van der Waals surface area contributed by atoms with Crippen LogP contribution in [0.1, 0.15) is 0 Å². The first-order valence-corrected chi connectivity index (χ1v) is 11.5. The van der Waals surface area contributed by atoms with Gasteiger partial charge in [0.2, 0.25) is 7.59 Å².